The van der Waals surface area contributed by atoms with E-state index < -0.39 is 0 Å². The lowest BCUT2D eigenvalue weighted by Crippen LogP contribution is -2.53. The molecule has 0 spiro atoms. The Morgan fingerprint density at radius 2 is 2.23 bits per heavy atom. The number of aliphatic hydroxyl groups is 1. The summed E-state index contributed by atoms with van der Waals surface area (Å²) in [5.74, 6) is 0. The Morgan fingerprint density at radius 1 is 1.46 bits per heavy atom. The molecule has 0 aromatic rings. The van der Waals surface area contributed by atoms with Crippen molar-refractivity contribution in [3.8, 4) is 0 Å². The molecule has 0 aliphatic carbocycles. The third kappa shape index (κ3) is 4.07. The van der Waals surface area contributed by atoms with Crippen LogP contribution in [0.1, 0.15) is 33.1 Å². The molecule has 3 nitrogen and oxygen atoms in total. The SMILES string of the molecule is CCC(O)CCC1CNCC(C)N1. The molecule has 0 saturated carbocycles. The fourth-order valence-corrected chi connectivity index (χ4v) is 1.78. The van der Waals surface area contributed by atoms with Gasteiger partial charge in [-0.25, -0.2) is 0 Å². The van der Waals surface area contributed by atoms with E-state index in [1.165, 1.54) is 0 Å². The van der Waals surface area contributed by atoms with E-state index in [0.717, 1.165) is 32.4 Å². The molecule has 0 aromatic carbocycles. The summed E-state index contributed by atoms with van der Waals surface area (Å²) in [6, 6.07) is 1.11. The van der Waals surface area contributed by atoms with Gasteiger partial charge in [-0.05, 0) is 26.2 Å². The van der Waals surface area contributed by atoms with E-state index in [1.54, 1.807) is 0 Å². The van der Waals surface area contributed by atoms with E-state index in [0.29, 0.717) is 12.1 Å². The first-order chi connectivity index (χ1) is 6.22. The van der Waals surface area contributed by atoms with Gasteiger partial charge in [-0.1, -0.05) is 6.92 Å². The Labute approximate surface area is 80.9 Å². The van der Waals surface area contributed by atoms with Gasteiger partial charge in [0.15, 0.2) is 0 Å². The first-order valence-electron chi connectivity index (χ1n) is 5.37. The van der Waals surface area contributed by atoms with Gasteiger partial charge in [0.1, 0.15) is 0 Å². The molecule has 1 rings (SSSR count). The van der Waals surface area contributed by atoms with E-state index in [9.17, 15) is 5.11 Å². The van der Waals surface area contributed by atoms with Gasteiger partial charge in [-0.2, -0.15) is 0 Å². The van der Waals surface area contributed by atoms with Crippen molar-refractivity contribution in [1.29, 1.82) is 0 Å². The third-order valence-corrected chi connectivity index (χ3v) is 2.68. The molecule has 3 atom stereocenters. The maximum atomic E-state index is 9.41. The smallest absolute Gasteiger partial charge is 0.0538 e. The Kier molecular flexibility index (Phi) is 4.70. The average Bonchev–Trinajstić information content (AvgIpc) is 2.14. The zero-order chi connectivity index (χ0) is 9.68. The van der Waals surface area contributed by atoms with Crippen LogP contribution in [0.15, 0.2) is 0 Å². The number of hydrogen-bond donors (Lipinski definition) is 3. The van der Waals surface area contributed by atoms with Crippen LogP contribution < -0.4 is 10.6 Å². The summed E-state index contributed by atoms with van der Waals surface area (Å²) in [5, 5.41) is 16.3. The molecule has 1 aliphatic heterocycles. The van der Waals surface area contributed by atoms with E-state index in [4.69, 9.17) is 0 Å². The lowest BCUT2D eigenvalue weighted by Gasteiger charge is -2.30. The van der Waals surface area contributed by atoms with Crippen molar-refractivity contribution in [2.24, 2.45) is 0 Å². The van der Waals surface area contributed by atoms with Crippen LogP contribution in [0.3, 0.4) is 0 Å². The molecule has 1 aliphatic rings. The zero-order valence-corrected chi connectivity index (χ0v) is 8.71. The van der Waals surface area contributed by atoms with Gasteiger partial charge in [-0.3, -0.25) is 0 Å². The molecule has 1 saturated heterocycles. The average molecular weight is 186 g/mol. The molecule has 1 heterocycles. The maximum Gasteiger partial charge on any atom is 0.0538 e. The van der Waals surface area contributed by atoms with E-state index in [1.807, 2.05) is 6.92 Å². The Bertz CT molecular complexity index is 141. The number of piperazine rings is 1. The minimum Gasteiger partial charge on any atom is -0.393 e. The molecule has 78 valence electrons. The summed E-state index contributed by atoms with van der Waals surface area (Å²) in [4.78, 5) is 0. The highest BCUT2D eigenvalue weighted by atomic mass is 16.3. The zero-order valence-electron chi connectivity index (χ0n) is 8.71. The van der Waals surface area contributed by atoms with Crippen molar-refractivity contribution in [3.63, 3.8) is 0 Å². The Hall–Kier alpha value is -0.120. The van der Waals surface area contributed by atoms with Crippen LogP contribution in [0.2, 0.25) is 0 Å². The molecule has 3 N–H and O–H groups in total. The minimum absolute atomic E-state index is 0.112. The first kappa shape index (κ1) is 11.0. The number of hydrogen-bond acceptors (Lipinski definition) is 3. The maximum absolute atomic E-state index is 9.41. The van der Waals surface area contributed by atoms with Crippen molar-refractivity contribution in [1.82, 2.24) is 10.6 Å². The minimum atomic E-state index is -0.112. The molecule has 3 heteroatoms. The number of aliphatic hydroxyl groups excluding tert-OH is 1. The van der Waals surface area contributed by atoms with Gasteiger partial charge < -0.3 is 15.7 Å². The highest BCUT2D eigenvalue weighted by Crippen LogP contribution is 2.06. The molecule has 1 fully saturated rings. The van der Waals surface area contributed by atoms with Crippen molar-refractivity contribution in [2.45, 2.75) is 51.3 Å². The molecule has 0 bridgehead atoms. The molecular weight excluding hydrogens is 164 g/mol. The lowest BCUT2D eigenvalue weighted by molar-refractivity contribution is 0.149. The third-order valence-electron chi connectivity index (χ3n) is 2.68. The number of nitrogens with one attached hydrogen (secondary N) is 2. The topological polar surface area (TPSA) is 44.3 Å². The van der Waals surface area contributed by atoms with Crippen molar-refractivity contribution in [3.05, 3.63) is 0 Å². The normalized spacial score (nSPS) is 31.6. The quantitative estimate of drug-likeness (QED) is 0.598. The summed E-state index contributed by atoms with van der Waals surface area (Å²) >= 11 is 0. The van der Waals surface area contributed by atoms with Crippen LogP contribution in [-0.2, 0) is 0 Å². The second kappa shape index (κ2) is 5.58. The Morgan fingerprint density at radius 3 is 2.85 bits per heavy atom. The monoisotopic (exact) mass is 186 g/mol. The lowest BCUT2D eigenvalue weighted by atomic mass is 10.0. The fourth-order valence-electron chi connectivity index (χ4n) is 1.78. The van der Waals surface area contributed by atoms with Gasteiger partial charge in [0, 0.05) is 25.2 Å². The summed E-state index contributed by atoms with van der Waals surface area (Å²) in [7, 11) is 0. The van der Waals surface area contributed by atoms with E-state index in [-0.39, 0.29) is 6.10 Å². The number of rotatable bonds is 4. The van der Waals surface area contributed by atoms with Gasteiger partial charge in [0.25, 0.3) is 0 Å². The molecule has 0 radical (unpaired) electrons. The predicted octanol–water partition coefficient (Wildman–Crippen LogP) is 0.487. The molecule has 0 aromatic heterocycles. The van der Waals surface area contributed by atoms with Gasteiger partial charge in [0.05, 0.1) is 6.10 Å². The second-order valence-electron chi connectivity index (χ2n) is 4.06. The summed E-state index contributed by atoms with van der Waals surface area (Å²) in [5.41, 5.74) is 0. The van der Waals surface area contributed by atoms with Crippen LogP contribution in [0.25, 0.3) is 0 Å². The van der Waals surface area contributed by atoms with Crippen molar-refractivity contribution >= 4 is 0 Å². The van der Waals surface area contributed by atoms with Crippen LogP contribution in [0.4, 0.5) is 0 Å². The predicted molar refractivity (Wildman–Crippen MR) is 54.8 cm³/mol. The molecule has 0 amide bonds. The van der Waals surface area contributed by atoms with Crippen LogP contribution >= 0.6 is 0 Å². The largest absolute Gasteiger partial charge is 0.393 e. The molecule has 13 heavy (non-hydrogen) atoms. The van der Waals surface area contributed by atoms with Crippen molar-refractivity contribution < 1.29 is 5.11 Å². The molecule has 3 unspecified atom stereocenters. The highest BCUT2D eigenvalue weighted by Gasteiger charge is 2.17. The Balaban J connectivity index is 2.13. The summed E-state index contributed by atoms with van der Waals surface area (Å²) < 4.78 is 0. The van der Waals surface area contributed by atoms with Gasteiger partial charge in [0.2, 0.25) is 0 Å². The van der Waals surface area contributed by atoms with E-state index in [2.05, 4.69) is 17.6 Å². The van der Waals surface area contributed by atoms with Crippen LogP contribution in [0.5, 0.6) is 0 Å². The van der Waals surface area contributed by atoms with Gasteiger partial charge in [-0.15, -0.1) is 0 Å². The van der Waals surface area contributed by atoms with E-state index >= 15 is 0 Å². The standard InChI is InChI=1S/C10H22N2O/c1-3-10(13)5-4-9-7-11-6-8(2)12-9/h8-13H,3-7H2,1-2H3. The van der Waals surface area contributed by atoms with Crippen LogP contribution in [-0.4, -0.2) is 36.4 Å². The van der Waals surface area contributed by atoms with Crippen molar-refractivity contribution in [2.75, 3.05) is 13.1 Å². The second-order valence-corrected chi connectivity index (χ2v) is 4.06. The van der Waals surface area contributed by atoms with Crippen LogP contribution in [0, 0.1) is 0 Å². The van der Waals surface area contributed by atoms with Gasteiger partial charge >= 0.3 is 0 Å². The fraction of sp³-hybridized carbons (Fsp3) is 1.00. The molecular formula is C10H22N2O. The highest BCUT2D eigenvalue weighted by molar-refractivity contribution is 4.81. The first-order valence-corrected chi connectivity index (χ1v) is 5.37. The summed E-state index contributed by atoms with van der Waals surface area (Å²) in [6.45, 7) is 6.32. The summed E-state index contributed by atoms with van der Waals surface area (Å²) in [6.07, 6.45) is 2.75.